The van der Waals surface area contributed by atoms with Crippen molar-refractivity contribution in [2.24, 2.45) is 11.8 Å². The maximum Gasteiger partial charge on any atom is 0.206 e. The Morgan fingerprint density at radius 2 is 2.05 bits per heavy atom. The highest BCUT2D eigenvalue weighted by Gasteiger charge is 2.30. The van der Waals surface area contributed by atoms with Crippen molar-refractivity contribution in [1.29, 1.82) is 0 Å². The standard InChI is InChI=1S/C15H22O4/c1-3-5-6-8-11(4-2)13(15(17)18)14(16)12-9-7-10-19-12/h7,9-11,13H,3-6,8H2,1-2H3,(H,17,18)/p-1. The molecule has 0 radical (unpaired) electrons. The van der Waals surface area contributed by atoms with Gasteiger partial charge in [0, 0.05) is 0 Å². The highest BCUT2D eigenvalue weighted by molar-refractivity contribution is 6.06. The third-order valence-electron chi connectivity index (χ3n) is 3.47. The van der Waals surface area contributed by atoms with E-state index in [-0.39, 0.29) is 11.7 Å². The fourth-order valence-corrected chi connectivity index (χ4v) is 2.35. The van der Waals surface area contributed by atoms with Crippen LogP contribution in [0.25, 0.3) is 0 Å². The summed E-state index contributed by atoms with van der Waals surface area (Å²) in [6, 6.07) is 3.08. The number of hydrogen-bond donors (Lipinski definition) is 0. The smallest absolute Gasteiger partial charge is 0.206 e. The van der Waals surface area contributed by atoms with Gasteiger partial charge in [0.25, 0.3) is 0 Å². The van der Waals surface area contributed by atoms with Gasteiger partial charge >= 0.3 is 0 Å². The lowest BCUT2D eigenvalue weighted by molar-refractivity contribution is -0.310. The summed E-state index contributed by atoms with van der Waals surface area (Å²) in [6.45, 7) is 3.99. The van der Waals surface area contributed by atoms with E-state index in [1.807, 2.05) is 6.92 Å². The number of aliphatic carboxylic acids is 1. The first-order valence-electron chi connectivity index (χ1n) is 6.90. The van der Waals surface area contributed by atoms with Crippen LogP contribution in [0.1, 0.15) is 56.5 Å². The van der Waals surface area contributed by atoms with E-state index in [2.05, 4.69) is 6.92 Å². The molecule has 4 heteroatoms. The van der Waals surface area contributed by atoms with E-state index in [0.29, 0.717) is 6.42 Å². The predicted octanol–water partition coefficient (Wildman–Crippen LogP) is 2.43. The fourth-order valence-electron chi connectivity index (χ4n) is 2.35. The third-order valence-corrected chi connectivity index (χ3v) is 3.47. The first-order valence-corrected chi connectivity index (χ1v) is 6.90. The van der Waals surface area contributed by atoms with E-state index in [0.717, 1.165) is 25.7 Å². The van der Waals surface area contributed by atoms with Gasteiger partial charge in [-0.3, -0.25) is 4.79 Å². The van der Waals surface area contributed by atoms with E-state index in [4.69, 9.17) is 4.42 Å². The van der Waals surface area contributed by atoms with Gasteiger partial charge in [-0.25, -0.2) is 0 Å². The highest BCUT2D eigenvalue weighted by Crippen LogP contribution is 2.26. The Balaban J connectivity index is 2.80. The number of carboxylic acids is 1. The molecule has 0 fully saturated rings. The van der Waals surface area contributed by atoms with Crippen LogP contribution in [0, 0.1) is 11.8 Å². The molecule has 106 valence electrons. The molecule has 2 atom stereocenters. The molecule has 0 bridgehead atoms. The van der Waals surface area contributed by atoms with Crippen LogP contribution in [0.15, 0.2) is 22.8 Å². The van der Waals surface area contributed by atoms with Crippen LogP contribution in [0.4, 0.5) is 0 Å². The molecule has 0 saturated heterocycles. The zero-order valence-electron chi connectivity index (χ0n) is 11.6. The zero-order chi connectivity index (χ0) is 14.3. The molecule has 1 rings (SSSR count). The van der Waals surface area contributed by atoms with Crippen LogP contribution >= 0.6 is 0 Å². The molecule has 0 N–H and O–H groups in total. The van der Waals surface area contributed by atoms with E-state index >= 15 is 0 Å². The molecule has 0 spiro atoms. The van der Waals surface area contributed by atoms with Gasteiger partial charge in [-0.1, -0.05) is 39.5 Å². The van der Waals surface area contributed by atoms with Crippen molar-refractivity contribution in [3.63, 3.8) is 0 Å². The Kier molecular flexibility index (Phi) is 6.33. The highest BCUT2D eigenvalue weighted by atomic mass is 16.4. The molecule has 1 aromatic rings. The number of rotatable bonds is 9. The van der Waals surface area contributed by atoms with Crippen molar-refractivity contribution in [2.75, 3.05) is 0 Å². The summed E-state index contributed by atoms with van der Waals surface area (Å²) in [5, 5.41) is 11.3. The fraction of sp³-hybridized carbons (Fsp3) is 0.600. The van der Waals surface area contributed by atoms with Gasteiger partial charge < -0.3 is 14.3 Å². The molecule has 0 aliphatic rings. The van der Waals surface area contributed by atoms with Crippen LogP contribution in [-0.2, 0) is 4.79 Å². The molecule has 4 nitrogen and oxygen atoms in total. The number of Topliss-reactive ketones (excluding diaryl/α,β-unsaturated/α-hetero) is 1. The monoisotopic (exact) mass is 265 g/mol. The largest absolute Gasteiger partial charge is 0.549 e. The van der Waals surface area contributed by atoms with Crippen molar-refractivity contribution in [1.82, 2.24) is 0 Å². The average molecular weight is 265 g/mol. The summed E-state index contributed by atoms with van der Waals surface area (Å²) in [4.78, 5) is 23.5. The minimum Gasteiger partial charge on any atom is -0.549 e. The molecule has 19 heavy (non-hydrogen) atoms. The van der Waals surface area contributed by atoms with Gasteiger partial charge in [0.1, 0.15) is 0 Å². The Bertz CT molecular complexity index is 394. The van der Waals surface area contributed by atoms with Gasteiger partial charge in [-0.15, -0.1) is 0 Å². The number of unbranched alkanes of at least 4 members (excludes halogenated alkanes) is 2. The first kappa shape index (κ1) is 15.5. The number of furan rings is 1. The van der Waals surface area contributed by atoms with Crippen LogP contribution in [0.5, 0.6) is 0 Å². The summed E-state index contributed by atoms with van der Waals surface area (Å²) >= 11 is 0. The Hall–Kier alpha value is -1.58. The molecular formula is C15H21O4-. The van der Waals surface area contributed by atoms with Gasteiger partial charge in [0.15, 0.2) is 5.76 Å². The van der Waals surface area contributed by atoms with Crippen LogP contribution in [0.2, 0.25) is 0 Å². The second-order valence-electron chi connectivity index (χ2n) is 4.80. The summed E-state index contributed by atoms with van der Waals surface area (Å²) in [6.07, 6.45) is 5.80. The Morgan fingerprint density at radius 3 is 2.53 bits per heavy atom. The van der Waals surface area contributed by atoms with Crippen LogP contribution in [-0.4, -0.2) is 11.8 Å². The van der Waals surface area contributed by atoms with Crippen molar-refractivity contribution in [3.05, 3.63) is 24.2 Å². The lowest BCUT2D eigenvalue weighted by Gasteiger charge is -2.25. The minimum absolute atomic E-state index is 0.100. The van der Waals surface area contributed by atoms with Gasteiger partial charge in [0.05, 0.1) is 18.2 Å². The molecule has 1 heterocycles. The summed E-state index contributed by atoms with van der Waals surface area (Å²) in [5.41, 5.74) is 0. The summed E-state index contributed by atoms with van der Waals surface area (Å²) < 4.78 is 5.01. The number of ketones is 1. The zero-order valence-corrected chi connectivity index (χ0v) is 11.6. The minimum atomic E-state index is -1.30. The number of hydrogen-bond acceptors (Lipinski definition) is 4. The normalized spacial score (nSPS) is 14.0. The second-order valence-corrected chi connectivity index (χ2v) is 4.80. The topological polar surface area (TPSA) is 70.3 Å². The lowest BCUT2D eigenvalue weighted by atomic mass is 9.82. The molecule has 2 unspecified atom stereocenters. The van der Waals surface area contributed by atoms with Crippen molar-refractivity contribution in [3.8, 4) is 0 Å². The molecule has 0 amide bonds. The second kappa shape index (κ2) is 7.77. The quantitative estimate of drug-likeness (QED) is 0.390. The van der Waals surface area contributed by atoms with Crippen molar-refractivity contribution in [2.45, 2.75) is 46.0 Å². The SMILES string of the molecule is CCCCCC(CC)C(C(=O)[O-])C(=O)c1ccco1. The molecular weight excluding hydrogens is 244 g/mol. The van der Waals surface area contributed by atoms with Gasteiger partial charge in [0.2, 0.25) is 5.78 Å². The predicted molar refractivity (Wildman–Crippen MR) is 69.5 cm³/mol. The Morgan fingerprint density at radius 1 is 1.32 bits per heavy atom. The van der Waals surface area contributed by atoms with E-state index in [9.17, 15) is 14.7 Å². The van der Waals surface area contributed by atoms with Crippen molar-refractivity contribution >= 4 is 11.8 Å². The van der Waals surface area contributed by atoms with Crippen LogP contribution < -0.4 is 5.11 Å². The average Bonchev–Trinajstić information content (AvgIpc) is 2.90. The third kappa shape index (κ3) is 4.23. The maximum absolute atomic E-state index is 12.2. The summed E-state index contributed by atoms with van der Waals surface area (Å²) in [5.74, 6) is -2.97. The van der Waals surface area contributed by atoms with E-state index in [1.54, 1.807) is 6.07 Å². The maximum atomic E-state index is 12.2. The lowest BCUT2D eigenvalue weighted by Crippen LogP contribution is -2.41. The first-order chi connectivity index (χ1) is 9.11. The van der Waals surface area contributed by atoms with E-state index in [1.165, 1.54) is 12.3 Å². The summed E-state index contributed by atoms with van der Waals surface area (Å²) in [7, 11) is 0. The molecule has 0 aromatic carbocycles. The molecule has 1 aromatic heterocycles. The van der Waals surface area contributed by atoms with Crippen molar-refractivity contribution < 1.29 is 19.1 Å². The number of carbonyl (C=O) groups is 2. The van der Waals surface area contributed by atoms with Gasteiger partial charge in [-0.2, -0.15) is 0 Å². The Labute approximate surface area is 113 Å². The molecule has 0 saturated carbocycles. The van der Waals surface area contributed by atoms with E-state index < -0.39 is 17.7 Å². The van der Waals surface area contributed by atoms with Crippen LogP contribution in [0.3, 0.4) is 0 Å². The number of carboxylic acid groups (broad SMARTS) is 1. The number of carbonyl (C=O) groups excluding carboxylic acids is 2. The molecule has 0 aliphatic carbocycles. The van der Waals surface area contributed by atoms with Gasteiger partial charge in [-0.05, 0) is 24.5 Å². The molecule has 0 aliphatic heterocycles.